The number of hydrogen-bond donors (Lipinski definition) is 1. The number of benzene rings is 1. The number of nitrogens with one attached hydrogen (secondary N) is 1. The van der Waals surface area contributed by atoms with E-state index in [1.165, 1.54) is 0 Å². The molecule has 0 spiro atoms. The molecule has 1 rings (SSSR count). The van der Waals surface area contributed by atoms with Crippen LogP contribution >= 0.6 is 15.9 Å². The maximum absolute atomic E-state index is 8.83. The molecule has 0 aliphatic heterocycles. The molecule has 0 saturated carbocycles. The second kappa shape index (κ2) is 8.12. The second-order valence-electron chi connectivity index (χ2n) is 4.11. The molecule has 98 valence electrons. The van der Waals surface area contributed by atoms with Crippen LogP contribution in [0.5, 0.6) is 0 Å². The average molecular weight is 310 g/mol. The predicted molar refractivity (Wildman–Crippen MR) is 79.8 cm³/mol. The standard InChI is InChI=1S/C14H20BrN3/c1-3-18(4-2)9-5-8-17-13-7-6-12(11-16)14(15)10-13/h6-7,10,17H,3-5,8-9H2,1-2H3. The molecule has 1 N–H and O–H groups in total. The molecule has 0 bridgehead atoms. The smallest absolute Gasteiger partial charge is 0.100 e. The molecule has 1 aromatic rings. The van der Waals surface area contributed by atoms with E-state index in [4.69, 9.17) is 5.26 Å². The molecule has 0 aliphatic carbocycles. The molecule has 0 aliphatic rings. The van der Waals surface area contributed by atoms with Crippen LogP contribution in [0.15, 0.2) is 22.7 Å². The van der Waals surface area contributed by atoms with Crippen molar-refractivity contribution in [2.75, 3.05) is 31.5 Å². The Hall–Kier alpha value is -1.05. The molecular formula is C14H20BrN3. The van der Waals surface area contributed by atoms with Gasteiger partial charge in [0.15, 0.2) is 0 Å². The quantitative estimate of drug-likeness (QED) is 0.784. The molecule has 0 radical (unpaired) electrons. The van der Waals surface area contributed by atoms with Gasteiger partial charge in [-0.3, -0.25) is 0 Å². The van der Waals surface area contributed by atoms with Gasteiger partial charge in [0.2, 0.25) is 0 Å². The number of nitrogens with zero attached hydrogens (tertiary/aromatic N) is 2. The van der Waals surface area contributed by atoms with Gasteiger partial charge in [-0.15, -0.1) is 0 Å². The van der Waals surface area contributed by atoms with Crippen LogP contribution in [0.3, 0.4) is 0 Å². The van der Waals surface area contributed by atoms with Gasteiger partial charge in [-0.05, 0) is 60.2 Å². The molecule has 0 saturated heterocycles. The zero-order valence-electron chi connectivity index (χ0n) is 11.0. The highest BCUT2D eigenvalue weighted by Crippen LogP contribution is 2.20. The molecule has 0 unspecified atom stereocenters. The largest absolute Gasteiger partial charge is 0.385 e. The molecule has 0 fully saturated rings. The molecule has 0 atom stereocenters. The Morgan fingerprint density at radius 3 is 2.61 bits per heavy atom. The summed E-state index contributed by atoms with van der Waals surface area (Å²) in [6, 6.07) is 7.87. The molecule has 0 aromatic heterocycles. The lowest BCUT2D eigenvalue weighted by Crippen LogP contribution is -2.25. The number of rotatable bonds is 7. The van der Waals surface area contributed by atoms with Crippen LogP contribution in [-0.2, 0) is 0 Å². The van der Waals surface area contributed by atoms with Crippen molar-refractivity contribution < 1.29 is 0 Å². The van der Waals surface area contributed by atoms with Gasteiger partial charge in [-0.2, -0.15) is 5.26 Å². The highest BCUT2D eigenvalue weighted by atomic mass is 79.9. The molecule has 1 aromatic carbocycles. The number of halogens is 1. The third-order valence-corrected chi connectivity index (χ3v) is 3.62. The third kappa shape index (κ3) is 4.67. The topological polar surface area (TPSA) is 39.1 Å². The molecule has 0 amide bonds. The summed E-state index contributed by atoms with van der Waals surface area (Å²) >= 11 is 3.39. The Morgan fingerprint density at radius 2 is 2.06 bits per heavy atom. The fourth-order valence-corrected chi connectivity index (χ4v) is 2.26. The number of anilines is 1. The van der Waals surface area contributed by atoms with Crippen molar-refractivity contribution in [3.05, 3.63) is 28.2 Å². The van der Waals surface area contributed by atoms with Crippen molar-refractivity contribution in [1.82, 2.24) is 4.90 Å². The van der Waals surface area contributed by atoms with Crippen LogP contribution in [0.1, 0.15) is 25.8 Å². The summed E-state index contributed by atoms with van der Waals surface area (Å²) in [5.41, 5.74) is 1.73. The number of nitriles is 1. The minimum Gasteiger partial charge on any atom is -0.385 e. The Kier molecular flexibility index (Phi) is 6.77. The molecule has 0 heterocycles. The first-order valence-corrected chi connectivity index (χ1v) is 7.16. The average Bonchev–Trinajstić information content (AvgIpc) is 2.39. The Labute approximate surface area is 118 Å². The first-order chi connectivity index (χ1) is 8.71. The molecule has 4 heteroatoms. The van der Waals surface area contributed by atoms with E-state index in [2.05, 4.69) is 46.1 Å². The number of hydrogen-bond acceptors (Lipinski definition) is 3. The molecule has 3 nitrogen and oxygen atoms in total. The Balaban J connectivity index is 2.36. The van der Waals surface area contributed by atoms with Crippen molar-refractivity contribution in [1.29, 1.82) is 5.26 Å². The van der Waals surface area contributed by atoms with Crippen LogP contribution in [0, 0.1) is 11.3 Å². The summed E-state index contributed by atoms with van der Waals surface area (Å²) in [4.78, 5) is 2.41. The van der Waals surface area contributed by atoms with Crippen LogP contribution < -0.4 is 5.32 Å². The Bertz CT molecular complexity index is 408. The zero-order valence-corrected chi connectivity index (χ0v) is 12.6. The lowest BCUT2D eigenvalue weighted by atomic mass is 10.2. The fraction of sp³-hybridized carbons (Fsp3) is 0.500. The van der Waals surface area contributed by atoms with Gasteiger partial charge in [-0.25, -0.2) is 0 Å². The fourth-order valence-electron chi connectivity index (χ4n) is 1.79. The second-order valence-corrected chi connectivity index (χ2v) is 4.97. The lowest BCUT2D eigenvalue weighted by molar-refractivity contribution is 0.303. The van der Waals surface area contributed by atoms with Crippen LogP contribution in [-0.4, -0.2) is 31.1 Å². The van der Waals surface area contributed by atoms with Gasteiger partial charge in [0.25, 0.3) is 0 Å². The van der Waals surface area contributed by atoms with E-state index in [-0.39, 0.29) is 0 Å². The van der Waals surface area contributed by atoms with Crippen LogP contribution in [0.4, 0.5) is 5.69 Å². The summed E-state index contributed by atoms with van der Waals surface area (Å²) in [6.07, 6.45) is 1.12. The van der Waals surface area contributed by atoms with E-state index in [0.717, 1.165) is 42.8 Å². The highest BCUT2D eigenvalue weighted by molar-refractivity contribution is 9.10. The van der Waals surface area contributed by atoms with Crippen LogP contribution in [0.2, 0.25) is 0 Å². The van der Waals surface area contributed by atoms with Crippen molar-refractivity contribution >= 4 is 21.6 Å². The Morgan fingerprint density at radius 1 is 1.33 bits per heavy atom. The monoisotopic (exact) mass is 309 g/mol. The van der Waals surface area contributed by atoms with E-state index < -0.39 is 0 Å². The van der Waals surface area contributed by atoms with E-state index >= 15 is 0 Å². The summed E-state index contributed by atoms with van der Waals surface area (Å²) in [5.74, 6) is 0. The van der Waals surface area contributed by atoms with Gasteiger partial charge >= 0.3 is 0 Å². The SMILES string of the molecule is CCN(CC)CCCNc1ccc(C#N)c(Br)c1. The van der Waals surface area contributed by atoms with Gasteiger partial charge in [-0.1, -0.05) is 13.8 Å². The van der Waals surface area contributed by atoms with E-state index in [1.54, 1.807) is 0 Å². The zero-order chi connectivity index (χ0) is 13.4. The van der Waals surface area contributed by atoms with Gasteiger partial charge < -0.3 is 10.2 Å². The van der Waals surface area contributed by atoms with Crippen molar-refractivity contribution in [2.24, 2.45) is 0 Å². The van der Waals surface area contributed by atoms with Crippen molar-refractivity contribution in [3.8, 4) is 6.07 Å². The van der Waals surface area contributed by atoms with Crippen LogP contribution in [0.25, 0.3) is 0 Å². The molecule has 18 heavy (non-hydrogen) atoms. The molecular weight excluding hydrogens is 290 g/mol. The maximum Gasteiger partial charge on any atom is 0.100 e. The van der Waals surface area contributed by atoms with Crippen molar-refractivity contribution in [3.63, 3.8) is 0 Å². The van der Waals surface area contributed by atoms with Gasteiger partial charge in [0.05, 0.1) is 5.56 Å². The maximum atomic E-state index is 8.83. The summed E-state index contributed by atoms with van der Waals surface area (Å²) in [6.45, 7) is 8.67. The predicted octanol–water partition coefficient (Wildman–Crippen LogP) is 3.46. The minimum absolute atomic E-state index is 0.670. The van der Waals surface area contributed by atoms with Gasteiger partial charge in [0.1, 0.15) is 6.07 Å². The normalized spacial score (nSPS) is 10.4. The highest BCUT2D eigenvalue weighted by Gasteiger charge is 2.01. The van der Waals surface area contributed by atoms with Gasteiger partial charge in [0, 0.05) is 16.7 Å². The van der Waals surface area contributed by atoms with E-state index in [9.17, 15) is 0 Å². The van der Waals surface area contributed by atoms with E-state index in [0.29, 0.717) is 5.56 Å². The summed E-state index contributed by atoms with van der Waals surface area (Å²) in [5, 5.41) is 12.2. The minimum atomic E-state index is 0.670. The van der Waals surface area contributed by atoms with E-state index in [1.807, 2.05) is 18.2 Å². The van der Waals surface area contributed by atoms with Crippen molar-refractivity contribution in [2.45, 2.75) is 20.3 Å². The first kappa shape index (κ1) is 15.0. The summed E-state index contributed by atoms with van der Waals surface area (Å²) in [7, 11) is 0. The summed E-state index contributed by atoms with van der Waals surface area (Å²) < 4.78 is 0.846. The first-order valence-electron chi connectivity index (χ1n) is 6.37. The third-order valence-electron chi connectivity index (χ3n) is 2.96. The lowest BCUT2D eigenvalue weighted by Gasteiger charge is -2.18.